The van der Waals surface area contributed by atoms with Gasteiger partial charge in [-0.1, -0.05) is 36.4 Å². The fraction of sp³-hybridized carbons (Fsp3) is 0.474. The quantitative estimate of drug-likeness (QED) is 0.632. The maximum Gasteiger partial charge on any atom is 0.323 e. The highest BCUT2D eigenvalue weighted by Crippen LogP contribution is 2.33. The number of nitrogens with zero attached hydrogens (tertiary/aromatic N) is 2. The average Bonchev–Trinajstić information content (AvgIpc) is 2.84. The van der Waals surface area contributed by atoms with E-state index in [0.717, 1.165) is 5.56 Å². The number of carbonyl (C=O) groups is 1. The van der Waals surface area contributed by atoms with Gasteiger partial charge in [0.15, 0.2) is 0 Å². The lowest BCUT2D eigenvalue weighted by atomic mass is 10.0. The number of likely N-dealkylation sites (tertiary alicyclic amines) is 1. The number of rotatable bonds is 4. The molecule has 23 heavy (non-hydrogen) atoms. The zero-order valence-corrected chi connectivity index (χ0v) is 14.0. The number of benzene rings is 1. The highest BCUT2D eigenvalue weighted by molar-refractivity contribution is 5.77. The molecule has 3 unspecified atom stereocenters. The third kappa shape index (κ3) is 4.20. The molecule has 1 aliphatic rings. The van der Waals surface area contributed by atoms with Crippen LogP contribution in [0.25, 0.3) is 0 Å². The molecule has 1 aromatic rings. The molecule has 0 spiro atoms. The van der Waals surface area contributed by atoms with E-state index in [-0.39, 0.29) is 17.9 Å². The number of hydrogen-bond donors (Lipinski definition) is 0. The summed E-state index contributed by atoms with van der Waals surface area (Å²) in [6.07, 6.45) is 2.25. The van der Waals surface area contributed by atoms with E-state index < -0.39 is 11.6 Å². The summed E-state index contributed by atoms with van der Waals surface area (Å²) in [4.78, 5) is 14.6. The molecule has 3 atom stereocenters. The van der Waals surface area contributed by atoms with Crippen LogP contribution in [0.2, 0.25) is 0 Å². The van der Waals surface area contributed by atoms with Crippen LogP contribution in [-0.2, 0) is 16.1 Å². The summed E-state index contributed by atoms with van der Waals surface area (Å²) < 4.78 is 5.55. The number of carbonyl (C=O) groups excluding carboxylic acids is 1. The van der Waals surface area contributed by atoms with Gasteiger partial charge in [0.1, 0.15) is 11.6 Å². The van der Waals surface area contributed by atoms with E-state index >= 15 is 0 Å². The first kappa shape index (κ1) is 17.2. The van der Waals surface area contributed by atoms with Crippen molar-refractivity contribution >= 4 is 5.97 Å². The first-order valence-corrected chi connectivity index (χ1v) is 7.90. The largest absolute Gasteiger partial charge is 0.459 e. The Morgan fingerprint density at radius 1 is 1.43 bits per heavy atom. The minimum absolute atomic E-state index is 0.141. The third-order valence-electron chi connectivity index (χ3n) is 3.97. The fourth-order valence-corrected chi connectivity index (χ4v) is 2.99. The molecule has 4 nitrogen and oxygen atoms in total. The second-order valence-corrected chi connectivity index (χ2v) is 6.90. The number of ether oxygens (including phenoxy) is 1. The van der Waals surface area contributed by atoms with Crippen LogP contribution in [0.4, 0.5) is 0 Å². The number of hydrogen-bond acceptors (Lipinski definition) is 4. The van der Waals surface area contributed by atoms with Gasteiger partial charge in [0.25, 0.3) is 0 Å². The van der Waals surface area contributed by atoms with Crippen LogP contribution in [-0.4, -0.2) is 28.6 Å². The average molecular weight is 312 g/mol. The van der Waals surface area contributed by atoms with Crippen molar-refractivity contribution in [1.82, 2.24) is 4.90 Å². The lowest BCUT2D eigenvalue weighted by Gasteiger charge is -2.30. The molecule has 1 aliphatic heterocycles. The second kappa shape index (κ2) is 6.97. The summed E-state index contributed by atoms with van der Waals surface area (Å²) in [5.41, 5.74) is 0.565. The first-order chi connectivity index (χ1) is 10.9. The molecular formula is C19H24N2O2. The molecule has 122 valence electrons. The Balaban J connectivity index is 2.25. The molecular weight excluding hydrogens is 288 g/mol. The van der Waals surface area contributed by atoms with Gasteiger partial charge in [-0.2, -0.15) is 5.26 Å². The molecule has 1 heterocycles. The van der Waals surface area contributed by atoms with Gasteiger partial charge < -0.3 is 4.74 Å². The standard InChI is InChI=1S/C19H24N2O2/c1-5-16-15(12-20)11-17(18(22)23-19(2,3)4)21(16)13-14-9-7-6-8-10-14/h5-10,15-17H,1,11,13H2,2-4H3. The monoisotopic (exact) mass is 312 g/mol. The van der Waals surface area contributed by atoms with Crippen LogP contribution in [0.1, 0.15) is 32.8 Å². The highest BCUT2D eigenvalue weighted by Gasteiger charge is 2.44. The Morgan fingerprint density at radius 2 is 2.09 bits per heavy atom. The number of nitriles is 1. The Bertz CT molecular complexity index is 598. The van der Waals surface area contributed by atoms with Gasteiger partial charge in [0.2, 0.25) is 0 Å². The molecule has 0 radical (unpaired) electrons. The molecule has 0 bridgehead atoms. The molecule has 1 aromatic carbocycles. The predicted molar refractivity (Wildman–Crippen MR) is 89.3 cm³/mol. The summed E-state index contributed by atoms with van der Waals surface area (Å²) in [6.45, 7) is 10.0. The van der Waals surface area contributed by atoms with Crippen LogP contribution in [0, 0.1) is 17.2 Å². The Kier molecular flexibility index (Phi) is 5.23. The van der Waals surface area contributed by atoms with Crippen molar-refractivity contribution in [3.63, 3.8) is 0 Å². The minimum Gasteiger partial charge on any atom is -0.459 e. The Labute approximate surface area is 138 Å². The zero-order valence-electron chi connectivity index (χ0n) is 14.0. The molecule has 0 N–H and O–H groups in total. The summed E-state index contributed by atoms with van der Waals surface area (Å²) >= 11 is 0. The highest BCUT2D eigenvalue weighted by atomic mass is 16.6. The van der Waals surface area contributed by atoms with Gasteiger partial charge in [-0.25, -0.2) is 0 Å². The Hall–Kier alpha value is -2.12. The van der Waals surface area contributed by atoms with E-state index in [2.05, 4.69) is 12.6 Å². The number of esters is 1. The van der Waals surface area contributed by atoms with Crippen molar-refractivity contribution in [3.05, 3.63) is 48.6 Å². The Morgan fingerprint density at radius 3 is 2.61 bits per heavy atom. The van der Waals surface area contributed by atoms with Crippen molar-refractivity contribution < 1.29 is 9.53 Å². The summed E-state index contributed by atoms with van der Waals surface area (Å²) in [7, 11) is 0. The van der Waals surface area contributed by atoms with Crippen LogP contribution in [0.3, 0.4) is 0 Å². The van der Waals surface area contributed by atoms with Gasteiger partial charge in [-0.3, -0.25) is 9.69 Å². The van der Waals surface area contributed by atoms with E-state index in [1.54, 1.807) is 6.08 Å². The summed E-state index contributed by atoms with van der Waals surface area (Å²) in [5, 5.41) is 9.41. The van der Waals surface area contributed by atoms with E-state index in [1.165, 1.54) is 0 Å². The maximum atomic E-state index is 12.6. The molecule has 0 saturated carbocycles. The zero-order chi connectivity index (χ0) is 17.0. The molecule has 0 aliphatic carbocycles. The molecule has 2 rings (SSSR count). The molecule has 1 fully saturated rings. The molecule has 4 heteroatoms. The van der Waals surface area contributed by atoms with Gasteiger partial charge in [0.05, 0.1) is 12.0 Å². The van der Waals surface area contributed by atoms with Crippen molar-refractivity contribution in [3.8, 4) is 6.07 Å². The molecule has 0 amide bonds. The third-order valence-corrected chi connectivity index (χ3v) is 3.97. The molecule has 1 saturated heterocycles. The van der Waals surface area contributed by atoms with Crippen LogP contribution < -0.4 is 0 Å². The summed E-state index contributed by atoms with van der Waals surface area (Å²) in [5.74, 6) is -0.508. The van der Waals surface area contributed by atoms with E-state index in [4.69, 9.17) is 4.74 Å². The van der Waals surface area contributed by atoms with Crippen molar-refractivity contribution in [2.75, 3.05) is 0 Å². The topological polar surface area (TPSA) is 53.3 Å². The first-order valence-electron chi connectivity index (χ1n) is 7.90. The van der Waals surface area contributed by atoms with Crippen LogP contribution >= 0.6 is 0 Å². The minimum atomic E-state index is -0.538. The van der Waals surface area contributed by atoms with Crippen LogP contribution in [0.15, 0.2) is 43.0 Å². The lowest BCUT2D eigenvalue weighted by Crippen LogP contribution is -2.43. The van der Waals surface area contributed by atoms with E-state index in [9.17, 15) is 10.1 Å². The van der Waals surface area contributed by atoms with E-state index in [0.29, 0.717) is 13.0 Å². The second-order valence-electron chi connectivity index (χ2n) is 6.90. The SMILES string of the molecule is C=CC1C(C#N)CC(C(=O)OC(C)(C)C)N1Cc1ccccc1. The van der Waals surface area contributed by atoms with Gasteiger partial charge in [-0.15, -0.1) is 6.58 Å². The lowest BCUT2D eigenvalue weighted by molar-refractivity contribution is -0.160. The smallest absolute Gasteiger partial charge is 0.323 e. The van der Waals surface area contributed by atoms with Crippen LogP contribution in [0.5, 0.6) is 0 Å². The van der Waals surface area contributed by atoms with Crippen molar-refractivity contribution in [2.45, 2.75) is 51.4 Å². The van der Waals surface area contributed by atoms with E-state index in [1.807, 2.05) is 56.0 Å². The maximum absolute atomic E-state index is 12.6. The molecule has 0 aromatic heterocycles. The fourth-order valence-electron chi connectivity index (χ4n) is 2.99. The van der Waals surface area contributed by atoms with Crippen molar-refractivity contribution in [2.24, 2.45) is 5.92 Å². The summed E-state index contributed by atoms with van der Waals surface area (Å²) in [6, 6.07) is 11.7. The van der Waals surface area contributed by atoms with Crippen molar-refractivity contribution in [1.29, 1.82) is 5.26 Å². The normalized spacial score (nSPS) is 24.9. The predicted octanol–water partition coefficient (Wildman–Crippen LogP) is 3.30. The van der Waals surface area contributed by atoms with Gasteiger partial charge >= 0.3 is 5.97 Å². The van der Waals surface area contributed by atoms with Gasteiger partial charge in [-0.05, 0) is 32.8 Å². The van der Waals surface area contributed by atoms with Gasteiger partial charge in [0, 0.05) is 12.6 Å².